The number of carbonyl (C=O) groups excluding carboxylic acids is 1. The highest BCUT2D eigenvalue weighted by Gasteiger charge is 2.28. The number of benzene rings is 1. The van der Waals surface area contributed by atoms with Crippen LogP contribution in [0.15, 0.2) is 21.5 Å². The number of halogens is 1. The highest BCUT2D eigenvalue weighted by atomic mass is 79.9. The molecule has 1 fully saturated rings. The molecule has 0 aliphatic carbocycles. The first-order valence-electron chi connectivity index (χ1n) is 5.64. The SMILES string of the molecule is Cc1c(N)cc(Br)cc1S(=O)(=O)NC1CNC(=O)C1. The summed E-state index contributed by atoms with van der Waals surface area (Å²) in [7, 11) is -3.70. The molecule has 0 radical (unpaired) electrons. The number of nitrogen functional groups attached to an aromatic ring is 1. The van der Waals surface area contributed by atoms with Crippen LogP contribution in [-0.2, 0) is 14.8 Å². The van der Waals surface area contributed by atoms with Crippen LogP contribution in [0.2, 0.25) is 0 Å². The van der Waals surface area contributed by atoms with Gasteiger partial charge in [-0.1, -0.05) is 15.9 Å². The van der Waals surface area contributed by atoms with E-state index in [4.69, 9.17) is 5.73 Å². The van der Waals surface area contributed by atoms with E-state index >= 15 is 0 Å². The van der Waals surface area contributed by atoms with Crippen molar-refractivity contribution in [1.82, 2.24) is 10.0 Å². The van der Waals surface area contributed by atoms with Crippen molar-refractivity contribution < 1.29 is 13.2 Å². The predicted octanol–water partition coefficient (Wildman–Crippen LogP) is 0.507. The fraction of sp³-hybridized carbons (Fsp3) is 0.364. The molecule has 4 N–H and O–H groups in total. The number of sulfonamides is 1. The van der Waals surface area contributed by atoms with Crippen molar-refractivity contribution in [3.05, 3.63) is 22.2 Å². The van der Waals surface area contributed by atoms with E-state index in [1.165, 1.54) is 6.07 Å². The molecule has 1 atom stereocenters. The number of rotatable bonds is 3. The lowest BCUT2D eigenvalue weighted by Crippen LogP contribution is -2.36. The van der Waals surface area contributed by atoms with Gasteiger partial charge in [-0.25, -0.2) is 13.1 Å². The third-order valence-corrected chi connectivity index (χ3v) is 5.06. The Morgan fingerprint density at radius 1 is 1.47 bits per heavy atom. The largest absolute Gasteiger partial charge is 0.398 e. The summed E-state index contributed by atoms with van der Waals surface area (Å²) in [4.78, 5) is 11.2. The maximum absolute atomic E-state index is 12.3. The lowest BCUT2D eigenvalue weighted by atomic mass is 10.2. The van der Waals surface area contributed by atoms with Crippen LogP contribution in [0, 0.1) is 6.92 Å². The summed E-state index contributed by atoms with van der Waals surface area (Å²) in [5, 5.41) is 2.58. The first-order chi connectivity index (χ1) is 8.79. The zero-order valence-corrected chi connectivity index (χ0v) is 12.6. The first kappa shape index (κ1) is 14.3. The molecule has 1 saturated heterocycles. The summed E-state index contributed by atoms with van der Waals surface area (Å²) < 4.78 is 27.7. The Labute approximate surface area is 119 Å². The molecule has 0 aromatic heterocycles. The number of nitrogens with two attached hydrogens (primary N) is 1. The van der Waals surface area contributed by atoms with Gasteiger partial charge >= 0.3 is 0 Å². The first-order valence-corrected chi connectivity index (χ1v) is 7.92. The lowest BCUT2D eigenvalue weighted by Gasteiger charge is -2.14. The molecule has 6 nitrogen and oxygen atoms in total. The average Bonchev–Trinajstić information content (AvgIpc) is 2.68. The average molecular weight is 348 g/mol. The Morgan fingerprint density at radius 2 is 2.16 bits per heavy atom. The Bertz CT molecular complexity index is 630. The van der Waals surface area contributed by atoms with Crippen molar-refractivity contribution in [2.75, 3.05) is 12.3 Å². The molecule has 1 aromatic carbocycles. The summed E-state index contributed by atoms with van der Waals surface area (Å²) in [6, 6.07) is 2.73. The van der Waals surface area contributed by atoms with E-state index in [1.54, 1.807) is 13.0 Å². The minimum absolute atomic E-state index is 0.124. The molecule has 8 heteroatoms. The van der Waals surface area contributed by atoms with Crippen LogP contribution >= 0.6 is 15.9 Å². The van der Waals surface area contributed by atoms with E-state index in [0.29, 0.717) is 22.3 Å². The molecule has 0 saturated carbocycles. The molecular formula is C11H14BrN3O3S. The quantitative estimate of drug-likeness (QED) is 0.693. The number of hydrogen-bond acceptors (Lipinski definition) is 4. The number of nitrogens with one attached hydrogen (secondary N) is 2. The van der Waals surface area contributed by atoms with Crippen LogP contribution in [0.1, 0.15) is 12.0 Å². The summed E-state index contributed by atoms with van der Waals surface area (Å²) in [5.74, 6) is -0.154. The van der Waals surface area contributed by atoms with Crippen molar-refractivity contribution in [2.24, 2.45) is 0 Å². The van der Waals surface area contributed by atoms with Crippen molar-refractivity contribution in [2.45, 2.75) is 24.3 Å². The highest BCUT2D eigenvalue weighted by molar-refractivity contribution is 9.10. The van der Waals surface area contributed by atoms with Crippen molar-refractivity contribution in [3.63, 3.8) is 0 Å². The molecule has 0 bridgehead atoms. The summed E-state index contributed by atoms with van der Waals surface area (Å²) in [5.41, 5.74) is 6.65. The second-order valence-electron chi connectivity index (χ2n) is 4.44. The van der Waals surface area contributed by atoms with Gasteiger partial charge in [-0.3, -0.25) is 4.79 Å². The molecule has 1 unspecified atom stereocenters. The maximum Gasteiger partial charge on any atom is 0.241 e. The van der Waals surface area contributed by atoms with Crippen LogP contribution in [0.3, 0.4) is 0 Å². The lowest BCUT2D eigenvalue weighted by molar-refractivity contribution is -0.119. The predicted molar refractivity (Wildman–Crippen MR) is 75.0 cm³/mol. The standard InChI is InChI=1S/C11H14BrN3O3S/c1-6-9(13)2-7(12)3-10(6)19(17,18)15-8-4-11(16)14-5-8/h2-3,8,15H,4-5,13H2,1H3,(H,14,16). The van der Waals surface area contributed by atoms with E-state index in [9.17, 15) is 13.2 Å². The molecule has 104 valence electrons. The highest BCUT2D eigenvalue weighted by Crippen LogP contribution is 2.26. The monoisotopic (exact) mass is 347 g/mol. The van der Waals surface area contributed by atoms with Gasteiger partial charge in [0.2, 0.25) is 15.9 Å². The minimum Gasteiger partial charge on any atom is -0.398 e. The van der Waals surface area contributed by atoms with Gasteiger partial charge in [0.15, 0.2) is 0 Å². The van der Waals surface area contributed by atoms with Crippen LogP contribution in [-0.4, -0.2) is 26.9 Å². The Balaban J connectivity index is 2.32. The van der Waals surface area contributed by atoms with Gasteiger partial charge in [-0.2, -0.15) is 0 Å². The maximum atomic E-state index is 12.3. The fourth-order valence-corrected chi connectivity index (χ4v) is 4.09. The zero-order valence-electron chi connectivity index (χ0n) is 10.2. The van der Waals surface area contributed by atoms with Gasteiger partial charge in [-0.15, -0.1) is 0 Å². The van der Waals surface area contributed by atoms with Gasteiger partial charge in [0.05, 0.1) is 4.90 Å². The Morgan fingerprint density at radius 3 is 2.74 bits per heavy atom. The Kier molecular flexibility index (Phi) is 3.84. The molecule has 1 aliphatic rings. The van der Waals surface area contributed by atoms with E-state index < -0.39 is 16.1 Å². The number of anilines is 1. The summed E-state index contributed by atoms with van der Waals surface area (Å²) in [6.07, 6.45) is 0.155. The topological polar surface area (TPSA) is 101 Å². The second-order valence-corrected chi connectivity index (χ2v) is 7.04. The van der Waals surface area contributed by atoms with E-state index in [0.717, 1.165) is 0 Å². The molecule has 1 amide bonds. The van der Waals surface area contributed by atoms with Gasteiger partial charge in [-0.05, 0) is 24.6 Å². The summed E-state index contributed by atoms with van der Waals surface area (Å²) in [6.45, 7) is 1.95. The van der Waals surface area contributed by atoms with Gasteiger partial charge in [0, 0.05) is 29.2 Å². The van der Waals surface area contributed by atoms with Crippen molar-refractivity contribution in [1.29, 1.82) is 0 Å². The van der Waals surface area contributed by atoms with E-state index in [1.807, 2.05) is 0 Å². The number of hydrogen-bond donors (Lipinski definition) is 3. The van der Waals surface area contributed by atoms with E-state index in [-0.39, 0.29) is 17.2 Å². The fourth-order valence-electron chi connectivity index (χ4n) is 1.92. The second kappa shape index (κ2) is 5.10. The normalized spacial score (nSPS) is 19.5. The smallest absolute Gasteiger partial charge is 0.241 e. The van der Waals surface area contributed by atoms with Crippen LogP contribution in [0.5, 0.6) is 0 Å². The third kappa shape index (κ3) is 3.07. The third-order valence-electron chi connectivity index (χ3n) is 2.95. The molecule has 1 heterocycles. The number of carbonyl (C=O) groups is 1. The van der Waals surface area contributed by atoms with Crippen molar-refractivity contribution >= 4 is 37.5 Å². The molecule has 0 spiro atoms. The molecule has 1 aromatic rings. The van der Waals surface area contributed by atoms with E-state index in [2.05, 4.69) is 26.0 Å². The van der Waals surface area contributed by atoms with Crippen LogP contribution < -0.4 is 15.8 Å². The van der Waals surface area contributed by atoms with Crippen molar-refractivity contribution in [3.8, 4) is 0 Å². The summed E-state index contributed by atoms with van der Waals surface area (Å²) >= 11 is 3.22. The molecule has 19 heavy (non-hydrogen) atoms. The van der Waals surface area contributed by atoms with Crippen LogP contribution in [0.25, 0.3) is 0 Å². The Hall–Kier alpha value is -1.12. The molecular weight excluding hydrogens is 334 g/mol. The molecule has 2 rings (SSSR count). The zero-order chi connectivity index (χ0) is 14.2. The van der Waals surface area contributed by atoms with Gasteiger partial charge < -0.3 is 11.1 Å². The van der Waals surface area contributed by atoms with Crippen LogP contribution in [0.4, 0.5) is 5.69 Å². The molecule has 1 aliphatic heterocycles. The minimum atomic E-state index is -3.70. The van der Waals surface area contributed by atoms with Gasteiger partial charge in [0.1, 0.15) is 0 Å². The number of amides is 1. The van der Waals surface area contributed by atoms with Gasteiger partial charge in [0.25, 0.3) is 0 Å².